The van der Waals surface area contributed by atoms with Gasteiger partial charge in [-0.25, -0.2) is 0 Å². The molecule has 0 fully saturated rings. The normalized spacial score (nSPS) is 12.3. The predicted octanol–water partition coefficient (Wildman–Crippen LogP) is 2.36. The molecule has 0 heterocycles. The number of amides is 1. The van der Waals surface area contributed by atoms with Crippen molar-refractivity contribution in [2.45, 2.75) is 19.4 Å². The monoisotopic (exact) mass is 333 g/mol. The largest absolute Gasteiger partial charge is 0.409 e. The average molecular weight is 335 g/mol. The van der Waals surface area contributed by atoms with Crippen LogP contribution in [0.3, 0.4) is 0 Å². The van der Waals surface area contributed by atoms with E-state index in [1.165, 1.54) is 0 Å². The standard InChI is InChI=1S/C11H13BrClN3O2/c1-11(2,10(14)16-18)15-9(17)7-5-6(12)3-4-8(7)13/h3-5,18H,1-2H3,(H2,14,16)(H,15,17). The first-order chi connectivity index (χ1) is 8.27. The zero-order valence-electron chi connectivity index (χ0n) is 9.87. The van der Waals surface area contributed by atoms with Crippen LogP contribution in [0, 0.1) is 0 Å². The number of nitrogens with zero attached hydrogens (tertiary/aromatic N) is 1. The van der Waals surface area contributed by atoms with Gasteiger partial charge in [0.25, 0.3) is 5.91 Å². The van der Waals surface area contributed by atoms with Gasteiger partial charge in [-0.15, -0.1) is 0 Å². The summed E-state index contributed by atoms with van der Waals surface area (Å²) < 4.78 is 0.735. The van der Waals surface area contributed by atoms with E-state index in [4.69, 9.17) is 22.5 Å². The van der Waals surface area contributed by atoms with Crippen molar-refractivity contribution in [3.8, 4) is 0 Å². The van der Waals surface area contributed by atoms with E-state index in [2.05, 4.69) is 26.4 Å². The lowest BCUT2D eigenvalue weighted by Crippen LogP contribution is -2.53. The lowest BCUT2D eigenvalue weighted by molar-refractivity contribution is 0.0931. The van der Waals surface area contributed by atoms with Crippen LogP contribution in [0.4, 0.5) is 0 Å². The van der Waals surface area contributed by atoms with Crippen molar-refractivity contribution in [3.05, 3.63) is 33.3 Å². The maximum absolute atomic E-state index is 12.0. The van der Waals surface area contributed by atoms with Crippen molar-refractivity contribution in [1.82, 2.24) is 5.32 Å². The van der Waals surface area contributed by atoms with Gasteiger partial charge in [-0.1, -0.05) is 32.7 Å². The number of rotatable bonds is 3. The van der Waals surface area contributed by atoms with Crippen LogP contribution >= 0.6 is 27.5 Å². The fourth-order valence-corrected chi connectivity index (χ4v) is 1.78. The molecule has 18 heavy (non-hydrogen) atoms. The summed E-state index contributed by atoms with van der Waals surface area (Å²) in [6, 6.07) is 4.94. The summed E-state index contributed by atoms with van der Waals surface area (Å²) in [5, 5.41) is 14.5. The number of hydrogen-bond donors (Lipinski definition) is 3. The highest BCUT2D eigenvalue weighted by atomic mass is 79.9. The smallest absolute Gasteiger partial charge is 0.253 e. The molecule has 5 nitrogen and oxygen atoms in total. The lowest BCUT2D eigenvalue weighted by Gasteiger charge is -2.24. The topological polar surface area (TPSA) is 87.7 Å². The Hall–Kier alpha value is -1.27. The van der Waals surface area contributed by atoms with Gasteiger partial charge in [0, 0.05) is 4.47 Å². The third-order valence-electron chi connectivity index (χ3n) is 2.35. The molecule has 0 aromatic heterocycles. The van der Waals surface area contributed by atoms with Crippen LogP contribution < -0.4 is 11.1 Å². The molecule has 98 valence electrons. The zero-order valence-corrected chi connectivity index (χ0v) is 12.2. The summed E-state index contributed by atoms with van der Waals surface area (Å²) in [6.07, 6.45) is 0. The SMILES string of the molecule is CC(C)(NC(=O)c1cc(Br)ccc1Cl)/C(N)=N/O. The lowest BCUT2D eigenvalue weighted by atomic mass is 10.0. The van der Waals surface area contributed by atoms with Crippen LogP contribution in [0.2, 0.25) is 5.02 Å². The number of amidine groups is 1. The van der Waals surface area contributed by atoms with Crippen molar-refractivity contribution >= 4 is 39.3 Å². The van der Waals surface area contributed by atoms with Crippen LogP contribution in [0.1, 0.15) is 24.2 Å². The van der Waals surface area contributed by atoms with Crippen molar-refractivity contribution in [2.24, 2.45) is 10.9 Å². The zero-order chi connectivity index (χ0) is 13.9. The van der Waals surface area contributed by atoms with Crippen LogP contribution in [-0.4, -0.2) is 22.5 Å². The number of carbonyl (C=O) groups is 1. The maximum Gasteiger partial charge on any atom is 0.253 e. The van der Waals surface area contributed by atoms with Crippen LogP contribution in [0.15, 0.2) is 27.8 Å². The van der Waals surface area contributed by atoms with E-state index in [9.17, 15) is 4.79 Å². The first kappa shape index (κ1) is 14.8. The molecule has 1 aromatic carbocycles. The Morgan fingerprint density at radius 2 is 2.17 bits per heavy atom. The summed E-state index contributed by atoms with van der Waals surface area (Å²) in [5.74, 6) is -0.500. The molecule has 1 rings (SSSR count). The number of halogens is 2. The third-order valence-corrected chi connectivity index (χ3v) is 3.17. The molecule has 7 heteroatoms. The fourth-order valence-electron chi connectivity index (χ4n) is 1.21. The number of nitrogens with two attached hydrogens (primary N) is 1. The van der Waals surface area contributed by atoms with Gasteiger partial charge < -0.3 is 16.3 Å². The molecule has 1 amide bonds. The van der Waals surface area contributed by atoms with Crippen molar-refractivity contribution in [2.75, 3.05) is 0 Å². The molecular formula is C11H13BrClN3O2. The van der Waals surface area contributed by atoms with E-state index in [0.717, 1.165) is 4.47 Å². The molecule has 0 spiro atoms. The molecule has 0 aliphatic rings. The number of hydrogen-bond acceptors (Lipinski definition) is 3. The van der Waals surface area contributed by atoms with E-state index < -0.39 is 11.4 Å². The van der Waals surface area contributed by atoms with E-state index >= 15 is 0 Å². The van der Waals surface area contributed by atoms with E-state index in [1.54, 1.807) is 32.0 Å². The van der Waals surface area contributed by atoms with Gasteiger partial charge in [-0.05, 0) is 32.0 Å². The van der Waals surface area contributed by atoms with Crippen LogP contribution in [0.5, 0.6) is 0 Å². The second-order valence-electron chi connectivity index (χ2n) is 4.19. The molecule has 1 aromatic rings. The summed E-state index contributed by atoms with van der Waals surface area (Å²) in [4.78, 5) is 12.0. The van der Waals surface area contributed by atoms with Crippen molar-refractivity contribution in [1.29, 1.82) is 0 Å². The van der Waals surface area contributed by atoms with Crippen LogP contribution in [-0.2, 0) is 0 Å². The average Bonchev–Trinajstić information content (AvgIpc) is 2.30. The summed E-state index contributed by atoms with van der Waals surface area (Å²) >= 11 is 9.20. The molecule has 0 aliphatic heterocycles. The second-order valence-corrected chi connectivity index (χ2v) is 5.51. The molecule has 0 saturated carbocycles. The minimum Gasteiger partial charge on any atom is -0.409 e. The quantitative estimate of drug-likeness (QED) is 0.343. The number of oxime groups is 1. The Balaban J connectivity index is 2.99. The van der Waals surface area contributed by atoms with E-state index in [0.29, 0.717) is 10.6 Å². The van der Waals surface area contributed by atoms with Gasteiger partial charge in [-0.2, -0.15) is 0 Å². The van der Waals surface area contributed by atoms with Gasteiger partial charge in [0.15, 0.2) is 5.84 Å². The maximum atomic E-state index is 12.0. The Morgan fingerprint density at radius 1 is 1.56 bits per heavy atom. The minimum atomic E-state index is -0.975. The number of benzene rings is 1. The Kier molecular flexibility index (Phi) is 4.59. The summed E-state index contributed by atoms with van der Waals surface area (Å²) in [6.45, 7) is 3.23. The van der Waals surface area contributed by atoms with Crippen LogP contribution in [0.25, 0.3) is 0 Å². The molecule has 0 radical (unpaired) electrons. The van der Waals surface area contributed by atoms with Gasteiger partial charge in [0.05, 0.1) is 16.1 Å². The third kappa shape index (κ3) is 3.36. The predicted molar refractivity (Wildman–Crippen MR) is 74.1 cm³/mol. The Bertz CT molecular complexity index is 503. The van der Waals surface area contributed by atoms with Crippen molar-refractivity contribution < 1.29 is 10.0 Å². The molecule has 0 unspecified atom stereocenters. The molecular weight excluding hydrogens is 321 g/mol. The summed E-state index contributed by atoms with van der Waals surface area (Å²) in [7, 11) is 0. The molecule has 0 saturated heterocycles. The van der Waals surface area contributed by atoms with E-state index in [1.807, 2.05) is 0 Å². The minimum absolute atomic E-state index is 0.0954. The first-order valence-electron chi connectivity index (χ1n) is 5.03. The second kappa shape index (κ2) is 5.58. The van der Waals surface area contributed by atoms with Gasteiger partial charge >= 0.3 is 0 Å². The number of carbonyl (C=O) groups excluding carboxylic acids is 1. The molecule has 0 bridgehead atoms. The van der Waals surface area contributed by atoms with Gasteiger partial charge in [-0.3, -0.25) is 4.79 Å². The van der Waals surface area contributed by atoms with Gasteiger partial charge in [0.2, 0.25) is 0 Å². The molecule has 0 atom stereocenters. The summed E-state index contributed by atoms with van der Waals surface area (Å²) in [5.41, 5.74) is 4.82. The Morgan fingerprint density at radius 3 is 2.72 bits per heavy atom. The van der Waals surface area contributed by atoms with Gasteiger partial charge in [0.1, 0.15) is 0 Å². The molecule has 4 N–H and O–H groups in total. The highest BCUT2D eigenvalue weighted by Crippen LogP contribution is 2.21. The first-order valence-corrected chi connectivity index (χ1v) is 6.20. The van der Waals surface area contributed by atoms with Crippen molar-refractivity contribution in [3.63, 3.8) is 0 Å². The highest BCUT2D eigenvalue weighted by molar-refractivity contribution is 9.10. The highest BCUT2D eigenvalue weighted by Gasteiger charge is 2.27. The molecule has 0 aliphatic carbocycles. The number of nitrogens with one attached hydrogen (secondary N) is 1. The fraction of sp³-hybridized carbons (Fsp3) is 0.273. The Labute approximate surface area is 118 Å². The van der Waals surface area contributed by atoms with E-state index in [-0.39, 0.29) is 5.84 Å².